The molecule has 0 bridgehead atoms. The minimum absolute atomic E-state index is 0.0649. The van der Waals surface area contributed by atoms with Crippen LogP contribution in [0.1, 0.15) is 13.3 Å². The smallest absolute Gasteiger partial charge is 0.219 e. The van der Waals surface area contributed by atoms with Crippen molar-refractivity contribution in [2.24, 2.45) is 0 Å². The number of amides is 1. The molecular formula is C7H12N4O. The summed E-state index contributed by atoms with van der Waals surface area (Å²) in [5.41, 5.74) is 0. The minimum atomic E-state index is 0.0649. The molecule has 1 aromatic rings. The van der Waals surface area contributed by atoms with E-state index in [1.165, 1.54) is 0 Å². The zero-order chi connectivity index (χ0) is 8.81. The topological polar surface area (TPSA) is 59.8 Å². The number of carbonyl (C=O) groups excluding carboxylic acids is 1. The fourth-order valence-corrected chi connectivity index (χ4v) is 0.787. The van der Waals surface area contributed by atoms with Gasteiger partial charge in [0.05, 0.1) is 12.7 Å². The second-order valence-corrected chi connectivity index (χ2v) is 2.37. The molecule has 0 saturated heterocycles. The Balaban J connectivity index is 2.15. The minimum Gasteiger partial charge on any atom is -0.354 e. The lowest BCUT2D eigenvalue weighted by Gasteiger charge is -2.01. The summed E-state index contributed by atoms with van der Waals surface area (Å²) in [6.45, 7) is 3.10. The van der Waals surface area contributed by atoms with E-state index in [2.05, 4.69) is 15.6 Å². The molecule has 0 fully saturated rings. The lowest BCUT2D eigenvalue weighted by atomic mass is 10.4. The van der Waals surface area contributed by atoms with Crippen molar-refractivity contribution in [1.29, 1.82) is 0 Å². The van der Waals surface area contributed by atoms with Crippen LogP contribution in [0.25, 0.3) is 0 Å². The van der Waals surface area contributed by atoms with Gasteiger partial charge in [0.2, 0.25) is 5.91 Å². The molecule has 5 nitrogen and oxygen atoms in total. The lowest BCUT2D eigenvalue weighted by molar-refractivity contribution is -0.120. The van der Waals surface area contributed by atoms with Gasteiger partial charge in [-0.3, -0.25) is 9.48 Å². The van der Waals surface area contributed by atoms with Crippen LogP contribution in [0.5, 0.6) is 0 Å². The first-order chi connectivity index (χ1) is 5.83. The SMILES string of the molecule is CCC(=O)NCCn1ccnn1. The van der Waals surface area contributed by atoms with Gasteiger partial charge < -0.3 is 5.32 Å². The maximum atomic E-state index is 10.8. The van der Waals surface area contributed by atoms with E-state index in [9.17, 15) is 4.79 Å². The van der Waals surface area contributed by atoms with Crippen LogP contribution in [-0.2, 0) is 11.3 Å². The molecule has 1 rings (SSSR count). The highest BCUT2D eigenvalue weighted by Gasteiger charge is 1.95. The number of nitrogens with zero attached hydrogens (tertiary/aromatic N) is 3. The first-order valence-corrected chi connectivity index (χ1v) is 3.93. The van der Waals surface area contributed by atoms with Crippen LogP contribution in [0.4, 0.5) is 0 Å². The van der Waals surface area contributed by atoms with Gasteiger partial charge in [0.25, 0.3) is 0 Å². The highest BCUT2D eigenvalue weighted by molar-refractivity contribution is 5.75. The predicted molar refractivity (Wildman–Crippen MR) is 43.3 cm³/mol. The summed E-state index contributed by atoms with van der Waals surface area (Å²) in [4.78, 5) is 10.8. The maximum absolute atomic E-state index is 10.8. The van der Waals surface area contributed by atoms with E-state index in [0.717, 1.165) is 0 Å². The molecule has 12 heavy (non-hydrogen) atoms. The van der Waals surface area contributed by atoms with E-state index in [1.807, 2.05) is 6.92 Å². The van der Waals surface area contributed by atoms with Crippen LogP contribution in [0, 0.1) is 0 Å². The first kappa shape index (κ1) is 8.70. The van der Waals surface area contributed by atoms with Crippen LogP contribution in [0.15, 0.2) is 12.4 Å². The first-order valence-electron chi connectivity index (χ1n) is 3.93. The van der Waals surface area contributed by atoms with Crippen molar-refractivity contribution in [1.82, 2.24) is 20.3 Å². The highest BCUT2D eigenvalue weighted by atomic mass is 16.1. The number of carbonyl (C=O) groups is 1. The monoisotopic (exact) mass is 168 g/mol. The Morgan fingerprint density at radius 3 is 3.08 bits per heavy atom. The molecule has 0 radical (unpaired) electrons. The van der Waals surface area contributed by atoms with Gasteiger partial charge in [-0.1, -0.05) is 12.1 Å². The summed E-state index contributed by atoms with van der Waals surface area (Å²) in [5.74, 6) is 0.0649. The molecular weight excluding hydrogens is 156 g/mol. The summed E-state index contributed by atoms with van der Waals surface area (Å²) in [6, 6.07) is 0. The molecule has 1 amide bonds. The molecule has 5 heteroatoms. The van der Waals surface area contributed by atoms with Crippen molar-refractivity contribution < 1.29 is 4.79 Å². The summed E-state index contributed by atoms with van der Waals surface area (Å²) < 4.78 is 1.68. The molecule has 0 aliphatic rings. The number of hydrogen-bond donors (Lipinski definition) is 1. The van der Waals surface area contributed by atoms with Crippen molar-refractivity contribution in [2.45, 2.75) is 19.9 Å². The predicted octanol–water partition coefficient (Wildman–Crippen LogP) is -0.196. The van der Waals surface area contributed by atoms with E-state index >= 15 is 0 Å². The molecule has 1 aromatic heterocycles. The van der Waals surface area contributed by atoms with Gasteiger partial charge in [0.1, 0.15) is 0 Å². The maximum Gasteiger partial charge on any atom is 0.219 e. The molecule has 0 aromatic carbocycles. The number of aromatic nitrogens is 3. The standard InChI is InChI=1S/C7H12N4O/c1-2-7(12)8-3-5-11-6-4-9-10-11/h4,6H,2-3,5H2,1H3,(H,8,12). The third kappa shape index (κ3) is 2.69. The van der Waals surface area contributed by atoms with Crippen LogP contribution >= 0.6 is 0 Å². The molecule has 0 aliphatic heterocycles. The van der Waals surface area contributed by atoms with Crippen molar-refractivity contribution >= 4 is 5.91 Å². The fourth-order valence-electron chi connectivity index (χ4n) is 0.787. The molecule has 0 unspecified atom stereocenters. The van der Waals surface area contributed by atoms with Gasteiger partial charge in [-0.2, -0.15) is 0 Å². The van der Waals surface area contributed by atoms with Crippen LogP contribution < -0.4 is 5.32 Å². The normalized spacial score (nSPS) is 9.75. The van der Waals surface area contributed by atoms with Gasteiger partial charge in [-0.05, 0) is 0 Å². The molecule has 66 valence electrons. The van der Waals surface area contributed by atoms with E-state index in [4.69, 9.17) is 0 Å². The Kier molecular flexibility index (Phi) is 3.25. The van der Waals surface area contributed by atoms with Crippen molar-refractivity contribution in [3.63, 3.8) is 0 Å². The Bertz CT molecular complexity index is 232. The van der Waals surface area contributed by atoms with Gasteiger partial charge in [-0.15, -0.1) is 5.10 Å². The Morgan fingerprint density at radius 2 is 2.50 bits per heavy atom. The average Bonchev–Trinajstić information content (AvgIpc) is 2.57. The van der Waals surface area contributed by atoms with Gasteiger partial charge in [0, 0.05) is 19.2 Å². The zero-order valence-corrected chi connectivity index (χ0v) is 7.03. The van der Waals surface area contributed by atoms with Crippen LogP contribution in [-0.4, -0.2) is 27.4 Å². The third-order valence-electron chi connectivity index (χ3n) is 1.46. The highest BCUT2D eigenvalue weighted by Crippen LogP contribution is 1.80. The van der Waals surface area contributed by atoms with Gasteiger partial charge in [-0.25, -0.2) is 0 Å². The largest absolute Gasteiger partial charge is 0.354 e. The molecule has 1 N–H and O–H groups in total. The summed E-state index contributed by atoms with van der Waals surface area (Å²) >= 11 is 0. The second-order valence-electron chi connectivity index (χ2n) is 2.37. The van der Waals surface area contributed by atoms with Crippen molar-refractivity contribution in [3.05, 3.63) is 12.4 Å². The number of rotatable bonds is 4. The van der Waals surface area contributed by atoms with Gasteiger partial charge >= 0.3 is 0 Å². The Labute approximate surface area is 70.8 Å². The lowest BCUT2D eigenvalue weighted by Crippen LogP contribution is -2.26. The van der Waals surface area contributed by atoms with Crippen LogP contribution in [0.3, 0.4) is 0 Å². The second kappa shape index (κ2) is 4.48. The van der Waals surface area contributed by atoms with Crippen molar-refractivity contribution in [2.75, 3.05) is 6.54 Å². The van der Waals surface area contributed by atoms with E-state index in [0.29, 0.717) is 19.5 Å². The third-order valence-corrected chi connectivity index (χ3v) is 1.46. The molecule has 0 saturated carbocycles. The van der Waals surface area contributed by atoms with Gasteiger partial charge in [0.15, 0.2) is 0 Å². The van der Waals surface area contributed by atoms with Crippen LogP contribution in [0.2, 0.25) is 0 Å². The molecule has 0 aliphatic carbocycles. The molecule has 1 heterocycles. The quantitative estimate of drug-likeness (QED) is 0.677. The Hall–Kier alpha value is -1.39. The summed E-state index contributed by atoms with van der Waals surface area (Å²) in [7, 11) is 0. The number of nitrogens with one attached hydrogen (secondary N) is 1. The number of hydrogen-bond acceptors (Lipinski definition) is 3. The van der Waals surface area contributed by atoms with E-state index in [1.54, 1.807) is 17.1 Å². The van der Waals surface area contributed by atoms with E-state index in [-0.39, 0.29) is 5.91 Å². The zero-order valence-electron chi connectivity index (χ0n) is 7.03. The molecule has 0 atom stereocenters. The summed E-state index contributed by atoms with van der Waals surface area (Å²) in [5, 5.41) is 10.1. The Morgan fingerprint density at radius 1 is 1.67 bits per heavy atom. The fraction of sp³-hybridized carbons (Fsp3) is 0.571. The molecule has 0 spiro atoms. The van der Waals surface area contributed by atoms with Crippen molar-refractivity contribution in [3.8, 4) is 0 Å². The average molecular weight is 168 g/mol. The summed E-state index contributed by atoms with van der Waals surface area (Å²) in [6.07, 6.45) is 3.90. The van der Waals surface area contributed by atoms with E-state index < -0.39 is 0 Å².